The van der Waals surface area contributed by atoms with Gasteiger partial charge in [-0.25, -0.2) is 0 Å². The van der Waals surface area contributed by atoms with Gasteiger partial charge in [-0.15, -0.1) is 0 Å². The van der Waals surface area contributed by atoms with Crippen molar-refractivity contribution in [1.82, 2.24) is 0 Å². The molecule has 2 N–H and O–H groups in total. The van der Waals surface area contributed by atoms with E-state index in [1.165, 1.54) is 22.8 Å². The van der Waals surface area contributed by atoms with Crippen LogP contribution in [-0.4, -0.2) is 12.1 Å². The predicted molar refractivity (Wildman–Crippen MR) is 98.9 cm³/mol. The summed E-state index contributed by atoms with van der Waals surface area (Å²) >= 11 is 0. The van der Waals surface area contributed by atoms with E-state index in [2.05, 4.69) is 76.3 Å². The Morgan fingerprint density at radius 2 is 1.65 bits per heavy atom. The molecule has 0 aromatic heterocycles. The van der Waals surface area contributed by atoms with E-state index in [0.717, 1.165) is 12.3 Å². The summed E-state index contributed by atoms with van der Waals surface area (Å²) in [6, 6.07) is 12.9. The fourth-order valence-corrected chi connectivity index (χ4v) is 3.63. The fourth-order valence-electron chi connectivity index (χ4n) is 3.63. The molecule has 0 radical (unpaired) electrons. The van der Waals surface area contributed by atoms with Crippen LogP contribution in [0.25, 0.3) is 10.8 Å². The molecule has 0 bridgehead atoms. The van der Waals surface area contributed by atoms with Gasteiger partial charge in [-0.3, -0.25) is 0 Å². The lowest BCUT2D eigenvalue weighted by Gasteiger charge is -2.31. The molecule has 0 aliphatic rings. The van der Waals surface area contributed by atoms with E-state index in [1.807, 2.05) is 6.92 Å². The minimum absolute atomic E-state index is 0.207. The predicted octanol–water partition coefficient (Wildman–Crippen LogP) is 4.52. The molecule has 0 unspecified atom stereocenters. The maximum Gasteiger partial charge on any atom is 0.128 e. The van der Waals surface area contributed by atoms with E-state index in [4.69, 9.17) is 4.74 Å². The first-order chi connectivity index (χ1) is 10.7. The summed E-state index contributed by atoms with van der Waals surface area (Å²) < 4.78 is 5.89. The van der Waals surface area contributed by atoms with Crippen LogP contribution >= 0.6 is 0 Å². The molecule has 23 heavy (non-hydrogen) atoms. The highest BCUT2D eigenvalue weighted by Crippen LogP contribution is 2.28. The summed E-state index contributed by atoms with van der Waals surface area (Å²) in [5.41, 5.74) is 1.85. The zero-order chi connectivity index (χ0) is 17.1. The van der Waals surface area contributed by atoms with Crippen molar-refractivity contribution < 1.29 is 10.1 Å². The lowest BCUT2D eigenvalue weighted by Crippen LogP contribution is -2.94. The van der Waals surface area contributed by atoms with Crippen molar-refractivity contribution in [3.8, 4) is 5.75 Å². The topological polar surface area (TPSA) is 25.8 Å². The van der Waals surface area contributed by atoms with Crippen LogP contribution in [0.3, 0.4) is 0 Å². The maximum atomic E-state index is 5.89. The lowest BCUT2D eigenvalue weighted by atomic mass is 9.81. The fraction of sp³-hybridized carbons (Fsp3) is 0.524. The molecule has 2 rings (SSSR count). The van der Waals surface area contributed by atoms with Crippen molar-refractivity contribution in [3.63, 3.8) is 0 Å². The number of nitrogens with two attached hydrogens (primary N) is 1. The average molecular weight is 314 g/mol. The molecular formula is C21H32NO+. The van der Waals surface area contributed by atoms with Crippen molar-refractivity contribution in [3.05, 3.63) is 42.0 Å². The number of hydrogen-bond donors (Lipinski definition) is 1. The van der Waals surface area contributed by atoms with Crippen LogP contribution in [0.15, 0.2) is 36.4 Å². The smallest absolute Gasteiger partial charge is 0.128 e. The summed E-state index contributed by atoms with van der Waals surface area (Å²) in [7, 11) is 0. The zero-order valence-corrected chi connectivity index (χ0v) is 15.6. The van der Waals surface area contributed by atoms with Crippen LogP contribution in [0.4, 0.5) is 0 Å². The Bertz CT molecular complexity index is 652. The molecule has 2 aromatic carbocycles. The Morgan fingerprint density at radius 1 is 0.957 bits per heavy atom. The highest BCUT2D eigenvalue weighted by atomic mass is 16.5. The number of fused-ring (bicyclic) bond motifs is 1. The first-order valence-electron chi connectivity index (χ1n) is 8.70. The normalized spacial score (nSPS) is 12.6. The van der Waals surface area contributed by atoms with Gasteiger partial charge in [-0.05, 0) is 43.0 Å². The molecule has 0 amide bonds. The van der Waals surface area contributed by atoms with Gasteiger partial charge in [0.15, 0.2) is 0 Å². The third-order valence-electron chi connectivity index (χ3n) is 4.14. The van der Waals surface area contributed by atoms with Crippen molar-refractivity contribution in [2.24, 2.45) is 5.41 Å². The van der Waals surface area contributed by atoms with Gasteiger partial charge in [0, 0.05) is 6.42 Å². The van der Waals surface area contributed by atoms with Crippen molar-refractivity contribution in [1.29, 1.82) is 0 Å². The number of hydrogen-bond acceptors (Lipinski definition) is 1. The molecule has 0 aliphatic carbocycles. The van der Waals surface area contributed by atoms with Crippen LogP contribution < -0.4 is 10.1 Å². The van der Waals surface area contributed by atoms with E-state index >= 15 is 0 Å². The Kier molecular flexibility index (Phi) is 5.36. The number of rotatable bonds is 6. The first-order valence-corrected chi connectivity index (χ1v) is 8.70. The van der Waals surface area contributed by atoms with E-state index in [9.17, 15) is 0 Å². The molecule has 0 spiro atoms. The summed E-state index contributed by atoms with van der Waals surface area (Å²) in [6.45, 7) is 15.3. The van der Waals surface area contributed by atoms with Gasteiger partial charge in [0.05, 0.1) is 17.7 Å². The van der Waals surface area contributed by atoms with Crippen molar-refractivity contribution in [2.75, 3.05) is 6.61 Å². The van der Waals surface area contributed by atoms with Crippen LogP contribution in [0, 0.1) is 5.41 Å². The summed E-state index contributed by atoms with van der Waals surface area (Å²) in [5, 5.41) is 5.05. The Labute approximate surface area is 141 Å². The van der Waals surface area contributed by atoms with Crippen molar-refractivity contribution in [2.45, 2.75) is 60.0 Å². The van der Waals surface area contributed by atoms with Gasteiger partial charge >= 0.3 is 0 Å². The second-order valence-electron chi connectivity index (χ2n) is 8.33. The molecule has 0 saturated carbocycles. The number of quaternary nitrogens is 1. The molecule has 2 aromatic rings. The van der Waals surface area contributed by atoms with Crippen LogP contribution in [0.5, 0.6) is 5.75 Å². The van der Waals surface area contributed by atoms with Crippen LogP contribution in [0.2, 0.25) is 0 Å². The Hall–Kier alpha value is -1.54. The Balaban J connectivity index is 2.29. The monoisotopic (exact) mass is 314 g/mol. The SMILES string of the molecule is CCOc1ccc2ccccc2c1C[NH2+]C(C)(C)CC(C)(C)C. The largest absolute Gasteiger partial charge is 0.493 e. The maximum absolute atomic E-state index is 5.89. The molecule has 0 fully saturated rings. The van der Waals surface area contributed by atoms with Gasteiger partial charge in [0.2, 0.25) is 0 Å². The standard InChI is InChI=1S/C21H31NO/c1-7-23-19-13-12-16-10-8-9-11-17(16)18(19)14-22-21(5,6)15-20(2,3)4/h8-13,22H,7,14-15H2,1-6H3/p+1. The summed E-state index contributed by atoms with van der Waals surface area (Å²) in [4.78, 5) is 0. The molecular weight excluding hydrogens is 282 g/mol. The van der Waals surface area contributed by atoms with Crippen molar-refractivity contribution >= 4 is 10.8 Å². The second kappa shape index (κ2) is 6.92. The van der Waals surface area contributed by atoms with Gasteiger partial charge in [0.1, 0.15) is 12.3 Å². The number of ether oxygens (including phenoxy) is 1. The van der Waals surface area contributed by atoms with Gasteiger partial charge in [0.25, 0.3) is 0 Å². The zero-order valence-electron chi connectivity index (χ0n) is 15.6. The molecule has 2 heteroatoms. The van der Waals surface area contributed by atoms with Gasteiger partial charge in [-0.2, -0.15) is 0 Å². The minimum atomic E-state index is 0.207. The molecule has 2 nitrogen and oxygen atoms in total. The highest BCUT2D eigenvalue weighted by molar-refractivity contribution is 5.87. The first kappa shape index (κ1) is 17.8. The minimum Gasteiger partial charge on any atom is -0.493 e. The van der Waals surface area contributed by atoms with E-state index in [-0.39, 0.29) is 5.54 Å². The molecule has 0 heterocycles. The third-order valence-corrected chi connectivity index (χ3v) is 4.14. The third kappa shape index (κ3) is 4.97. The molecule has 126 valence electrons. The lowest BCUT2D eigenvalue weighted by molar-refractivity contribution is -0.737. The Morgan fingerprint density at radius 3 is 2.30 bits per heavy atom. The van der Waals surface area contributed by atoms with Crippen LogP contribution in [0.1, 0.15) is 53.5 Å². The van der Waals surface area contributed by atoms with Crippen LogP contribution in [-0.2, 0) is 6.54 Å². The second-order valence-corrected chi connectivity index (χ2v) is 8.33. The quantitative estimate of drug-likeness (QED) is 0.833. The summed E-state index contributed by atoms with van der Waals surface area (Å²) in [6.07, 6.45) is 1.18. The summed E-state index contributed by atoms with van der Waals surface area (Å²) in [5.74, 6) is 1.02. The van der Waals surface area contributed by atoms with E-state index < -0.39 is 0 Å². The highest BCUT2D eigenvalue weighted by Gasteiger charge is 2.28. The molecule has 0 atom stereocenters. The molecule has 0 aliphatic heterocycles. The van der Waals surface area contributed by atoms with E-state index in [0.29, 0.717) is 12.0 Å². The van der Waals surface area contributed by atoms with E-state index in [1.54, 1.807) is 0 Å². The average Bonchev–Trinajstić information content (AvgIpc) is 2.43. The molecule has 0 saturated heterocycles. The van der Waals surface area contributed by atoms with Gasteiger partial charge in [-0.1, -0.05) is 51.1 Å². The van der Waals surface area contributed by atoms with Gasteiger partial charge < -0.3 is 10.1 Å². The number of benzene rings is 2.